The minimum atomic E-state index is 0. The first kappa shape index (κ1) is 10.3. The van der Waals surface area contributed by atoms with Crippen molar-refractivity contribution >= 4 is 12.4 Å². The number of hydrogen-bond acceptors (Lipinski definition) is 1. The first-order valence-electron chi connectivity index (χ1n) is 4.93. The van der Waals surface area contributed by atoms with Gasteiger partial charge in [-0.2, -0.15) is 0 Å². The van der Waals surface area contributed by atoms with Crippen LogP contribution in [-0.4, -0.2) is 12.1 Å². The molecule has 1 atom stereocenters. The quantitative estimate of drug-likeness (QED) is 0.704. The Hall–Kier alpha value is 0.250. The lowest BCUT2D eigenvalue weighted by Gasteiger charge is -2.27. The van der Waals surface area contributed by atoms with E-state index in [-0.39, 0.29) is 12.4 Å². The molecule has 0 aromatic heterocycles. The zero-order valence-corrected chi connectivity index (χ0v) is 8.91. The Morgan fingerprint density at radius 3 is 2.33 bits per heavy atom. The molecule has 1 heterocycles. The summed E-state index contributed by atoms with van der Waals surface area (Å²) in [7, 11) is 0. The van der Waals surface area contributed by atoms with Crippen molar-refractivity contribution < 1.29 is 0 Å². The molecule has 1 N–H and O–H groups in total. The molecule has 0 amide bonds. The highest BCUT2D eigenvalue weighted by molar-refractivity contribution is 5.85. The van der Waals surface area contributed by atoms with Crippen molar-refractivity contribution in [1.82, 2.24) is 5.32 Å². The predicted octanol–water partition coefficient (Wildman–Crippen LogP) is 2.60. The van der Waals surface area contributed by atoms with Gasteiger partial charge in [0.05, 0.1) is 0 Å². The number of nitrogens with one attached hydrogen (secondary N) is 1. The molecule has 1 nitrogen and oxygen atoms in total. The largest absolute Gasteiger partial charge is 0.312 e. The third-order valence-corrected chi connectivity index (χ3v) is 3.41. The van der Waals surface area contributed by atoms with Gasteiger partial charge in [0.1, 0.15) is 0 Å². The maximum absolute atomic E-state index is 3.58. The third-order valence-electron chi connectivity index (χ3n) is 3.41. The smallest absolute Gasteiger partial charge is 0.0153 e. The second-order valence-electron chi connectivity index (χ2n) is 4.81. The Labute approximate surface area is 81.7 Å². The van der Waals surface area contributed by atoms with Crippen LogP contribution in [0.2, 0.25) is 0 Å². The molecule has 72 valence electrons. The average Bonchev–Trinajstić information content (AvgIpc) is 2.63. The molecule has 0 aromatic carbocycles. The lowest BCUT2D eigenvalue weighted by molar-refractivity contribution is 0.305. The second-order valence-corrected chi connectivity index (χ2v) is 4.81. The second kappa shape index (κ2) is 3.55. The summed E-state index contributed by atoms with van der Waals surface area (Å²) in [6.45, 7) is 5.95. The molecule has 12 heavy (non-hydrogen) atoms. The molecule has 0 aromatic rings. The fourth-order valence-electron chi connectivity index (χ4n) is 2.24. The Morgan fingerprint density at radius 1 is 1.25 bits per heavy atom. The predicted molar refractivity (Wildman–Crippen MR) is 54.8 cm³/mol. The lowest BCUT2D eigenvalue weighted by atomic mass is 9.85. The normalized spacial score (nSPS) is 33.0. The van der Waals surface area contributed by atoms with E-state index in [1.165, 1.54) is 32.2 Å². The topological polar surface area (TPSA) is 12.0 Å². The van der Waals surface area contributed by atoms with Crippen LogP contribution in [0, 0.1) is 11.8 Å². The first-order valence-corrected chi connectivity index (χ1v) is 4.93. The van der Waals surface area contributed by atoms with Gasteiger partial charge >= 0.3 is 0 Å². The summed E-state index contributed by atoms with van der Waals surface area (Å²) in [5, 5.41) is 3.58. The van der Waals surface area contributed by atoms with Crippen molar-refractivity contribution in [2.45, 2.75) is 45.1 Å². The van der Waals surface area contributed by atoms with E-state index in [1.807, 2.05) is 0 Å². The number of hydrogen-bond donors (Lipinski definition) is 1. The van der Waals surface area contributed by atoms with E-state index in [0.717, 1.165) is 11.8 Å². The lowest BCUT2D eigenvalue weighted by Crippen LogP contribution is -2.38. The molecule has 1 unspecified atom stereocenters. The Balaban J connectivity index is 0.000000720. The summed E-state index contributed by atoms with van der Waals surface area (Å²) >= 11 is 0. The van der Waals surface area contributed by atoms with E-state index in [2.05, 4.69) is 19.2 Å². The molecule has 2 aliphatic rings. The van der Waals surface area contributed by atoms with Crippen molar-refractivity contribution in [2.75, 3.05) is 6.54 Å². The van der Waals surface area contributed by atoms with Crippen LogP contribution in [-0.2, 0) is 0 Å². The van der Waals surface area contributed by atoms with E-state index in [1.54, 1.807) is 0 Å². The van der Waals surface area contributed by atoms with Gasteiger partial charge in [-0.15, -0.1) is 12.4 Å². The van der Waals surface area contributed by atoms with Crippen LogP contribution < -0.4 is 5.32 Å². The summed E-state index contributed by atoms with van der Waals surface area (Å²) < 4.78 is 0. The van der Waals surface area contributed by atoms with Crippen molar-refractivity contribution in [3.63, 3.8) is 0 Å². The zero-order valence-electron chi connectivity index (χ0n) is 8.10. The van der Waals surface area contributed by atoms with Gasteiger partial charge in [0.15, 0.2) is 0 Å². The highest BCUT2D eigenvalue weighted by Gasteiger charge is 2.37. The van der Waals surface area contributed by atoms with Crippen LogP contribution in [0.15, 0.2) is 0 Å². The van der Waals surface area contributed by atoms with Gasteiger partial charge in [-0.1, -0.05) is 12.8 Å². The van der Waals surface area contributed by atoms with Gasteiger partial charge in [-0.25, -0.2) is 0 Å². The number of halogens is 1. The van der Waals surface area contributed by atoms with Crippen LogP contribution in [0.4, 0.5) is 0 Å². The molecule has 2 fully saturated rings. The summed E-state index contributed by atoms with van der Waals surface area (Å²) in [6.07, 6.45) is 5.91. The molecule has 0 radical (unpaired) electrons. The summed E-state index contributed by atoms with van der Waals surface area (Å²) in [6, 6.07) is 0. The molecule has 0 bridgehead atoms. The number of rotatable bonds is 2. The SMILES string of the molecule is CC1(C)NCCC1CC1CC1.Cl. The molecule has 1 saturated heterocycles. The standard InChI is InChI=1S/C10H19N.ClH/c1-10(2)9(5-6-11-10)7-8-3-4-8;/h8-9,11H,3-7H2,1-2H3;1H. The average molecular weight is 190 g/mol. The molecule has 2 rings (SSSR count). The molecule has 2 heteroatoms. The van der Waals surface area contributed by atoms with Crippen LogP contribution in [0.5, 0.6) is 0 Å². The fourth-order valence-corrected chi connectivity index (χ4v) is 2.24. The van der Waals surface area contributed by atoms with Gasteiger partial charge < -0.3 is 5.32 Å². The Bertz CT molecular complexity index is 152. The molecule has 1 aliphatic carbocycles. The van der Waals surface area contributed by atoms with Gasteiger partial charge in [0.2, 0.25) is 0 Å². The van der Waals surface area contributed by atoms with Gasteiger partial charge in [0.25, 0.3) is 0 Å². The first-order chi connectivity index (χ1) is 5.18. The monoisotopic (exact) mass is 189 g/mol. The fraction of sp³-hybridized carbons (Fsp3) is 1.00. The maximum atomic E-state index is 3.58. The Morgan fingerprint density at radius 2 is 1.92 bits per heavy atom. The minimum absolute atomic E-state index is 0. The molecule has 0 spiro atoms. The van der Waals surface area contributed by atoms with Crippen LogP contribution in [0.3, 0.4) is 0 Å². The summed E-state index contributed by atoms with van der Waals surface area (Å²) in [5.74, 6) is 2.05. The van der Waals surface area contributed by atoms with Crippen LogP contribution >= 0.6 is 12.4 Å². The van der Waals surface area contributed by atoms with Crippen LogP contribution in [0.25, 0.3) is 0 Å². The minimum Gasteiger partial charge on any atom is -0.312 e. The third kappa shape index (κ3) is 2.14. The van der Waals surface area contributed by atoms with Crippen molar-refractivity contribution in [3.05, 3.63) is 0 Å². The van der Waals surface area contributed by atoms with E-state index in [4.69, 9.17) is 0 Å². The molecular formula is C10H20ClN. The van der Waals surface area contributed by atoms with E-state index < -0.39 is 0 Å². The van der Waals surface area contributed by atoms with Crippen molar-refractivity contribution in [1.29, 1.82) is 0 Å². The summed E-state index contributed by atoms with van der Waals surface area (Å²) in [4.78, 5) is 0. The highest BCUT2D eigenvalue weighted by atomic mass is 35.5. The Kier molecular flexibility index (Phi) is 3.06. The molecule has 1 aliphatic heterocycles. The van der Waals surface area contributed by atoms with Crippen molar-refractivity contribution in [2.24, 2.45) is 11.8 Å². The summed E-state index contributed by atoms with van der Waals surface area (Å²) in [5.41, 5.74) is 0.433. The van der Waals surface area contributed by atoms with E-state index in [0.29, 0.717) is 5.54 Å². The van der Waals surface area contributed by atoms with Crippen molar-refractivity contribution in [3.8, 4) is 0 Å². The highest BCUT2D eigenvalue weighted by Crippen LogP contribution is 2.41. The molecule has 1 saturated carbocycles. The van der Waals surface area contributed by atoms with E-state index in [9.17, 15) is 0 Å². The van der Waals surface area contributed by atoms with Gasteiger partial charge in [-0.05, 0) is 45.1 Å². The zero-order chi connectivity index (χ0) is 7.90. The molecular weight excluding hydrogens is 170 g/mol. The van der Waals surface area contributed by atoms with Gasteiger partial charge in [0, 0.05) is 5.54 Å². The van der Waals surface area contributed by atoms with Crippen LogP contribution in [0.1, 0.15) is 39.5 Å². The van der Waals surface area contributed by atoms with E-state index >= 15 is 0 Å². The maximum Gasteiger partial charge on any atom is 0.0153 e. The van der Waals surface area contributed by atoms with Gasteiger partial charge in [-0.3, -0.25) is 0 Å².